The van der Waals surface area contributed by atoms with Gasteiger partial charge >= 0.3 is 6.03 Å². The molecule has 1 aromatic heterocycles. The van der Waals surface area contributed by atoms with E-state index in [0.29, 0.717) is 11.7 Å². The van der Waals surface area contributed by atoms with Crippen LogP contribution in [0, 0.1) is 13.8 Å². The van der Waals surface area contributed by atoms with E-state index in [1.807, 2.05) is 0 Å². The van der Waals surface area contributed by atoms with E-state index in [1.54, 1.807) is 6.08 Å². The Balaban J connectivity index is 1.92. The summed E-state index contributed by atoms with van der Waals surface area (Å²) >= 11 is 0. The van der Waals surface area contributed by atoms with Crippen LogP contribution < -0.4 is 10.6 Å². The van der Waals surface area contributed by atoms with Crippen molar-refractivity contribution < 1.29 is 9.59 Å². The van der Waals surface area contributed by atoms with Crippen molar-refractivity contribution in [2.45, 2.75) is 52.0 Å². The zero-order valence-electron chi connectivity index (χ0n) is 12.5. The van der Waals surface area contributed by atoms with Gasteiger partial charge in [0.05, 0.1) is 0 Å². The van der Waals surface area contributed by atoms with E-state index in [1.165, 1.54) is 43.5 Å². The van der Waals surface area contributed by atoms with Gasteiger partial charge in [-0.1, -0.05) is 19.3 Å². The lowest BCUT2D eigenvalue weighted by atomic mass is 9.95. The Kier molecular flexibility index (Phi) is 3.57. The summed E-state index contributed by atoms with van der Waals surface area (Å²) in [5, 5.41) is 4.77. The highest BCUT2D eigenvalue weighted by molar-refractivity contribution is 6.14. The first kappa shape index (κ1) is 13.9. The second kappa shape index (κ2) is 5.39. The molecule has 0 atom stereocenters. The SMILES string of the molecule is Cc1cc(/C=C2\NC(=O)NC2=O)c(C)n1C1CCCCC1. The molecule has 0 spiro atoms. The number of nitrogens with zero attached hydrogens (tertiary/aromatic N) is 1. The van der Waals surface area contributed by atoms with Gasteiger partial charge in [-0.2, -0.15) is 0 Å². The number of imide groups is 1. The van der Waals surface area contributed by atoms with Crippen LogP contribution >= 0.6 is 0 Å². The summed E-state index contributed by atoms with van der Waals surface area (Å²) in [6.45, 7) is 4.19. The number of aromatic nitrogens is 1. The van der Waals surface area contributed by atoms with Crippen LogP contribution in [0.3, 0.4) is 0 Å². The molecule has 0 bridgehead atoms. The molecule has 2 fully saturated rings. The number of nitrogens with one attached hydrogen (secondary N) is 2. The number of amides is 3. The van der Waals surface area contributed by atoms with Crippen molar-refractivity contribution in [3.05, 3.63) is 28.7 Å². The van der Waals surface area contributed by atoms with Crippen molar-refractivity contribution in [3.63, 3.8) is 0 Å². The first-order valence-corrected chi connectivity index (χ1v) is 7.58. The molecule has 5 nitrogen and oxygen atoms in total. The molecule has 1 aromatic rings. The summed E-state index contributed by atoms with van der Waals surface area (Å²) in [7, 11) is 0. The highest BCUT2D eigenvalue weighted by Gasteiger charge is 2.24. The molecule has 2 N–H and O–H groups in total. The third-order valence-corrected chi connectivity index (χ3v) is 4.48. The van der Waals surface area contributed by atoms with E-state index < -0.39 is 6.03 Å². The fraction of sp³-hybridized carbons (Fsp3) is 0.500. The van der Waals surface area contributed by atoms with Crippen molar-refractivity contribution in [1.82, 2.24) is 15.2 Å². The molecule has 1 saturated heterocycles. The predicted molar refractivity (Wildman–Crippen MR) is 80.7 cm³/mol. The molecule has 0 aromatic carbocycles. The van der Waals surface area contributed by atoms with Gasteiger partial charge in [0.2, 0.25) is 0 Å². The van der Waals surface area contributed by atoms with Gasteiger partial charge in [0, 0.05) is 17.4 Å². The quantitative estimate of drug-likeness (QED) is 0.649. The molecule has 1 aliphatic heterocycles. The maximum Gasteiger partial charge on any atom is 0.326 e. The summed E-state index contributed by atoms with van der Waals surface area (Å²) in [6, 6.07) is 2.21. The number of aryl methyl sites for hydroxylation is 1. The Morgan fingerprint density at radius 1 is 1.14 bits per heavy atom. The third-order valence-electron chi connectivity index (χ3n) is 4.48. The minimum absolute atomic E-state index is 0.323. The Bertz CT molecular complexity index is 622. The maximum atomic E-state index is 11.6. The molecule has 1 saturated carbocycles. The summed E-state index contributed by atoms with van der Waals surface area (Å²) < 4.78 is 2.39. The van der Waals surface area contributed by atoms with Gasteiger partial charge in [0.25, 0.3) is 5.91 Å². The van der Waals surface area contributed by atoms with E-state index in [0.717, 1.165) is 5.56 Å². The smallest absolute Gasteiger partial charge is 0.326 e. The van der Waals surface area contributed by atoms with E-state index in [4.69, 9.17) is 0 Å². The molecule has 2 aliphatic rings. The van der Waals surface area contributed by atoms with Crippen molar-refractivity contribution in [2.24, 2.45) is 0 Å². The second-order valence-electron chi connectivity index (χ2n) is 5.95. The van der Waals surface area contributed by atoms with Crippen LogP contribution in [0.5, 0.6) is 0 Å². The molecular formula is C16H21N3O2. The Hall–Kier alpha value is -2.04. The lowest BCUT2D eigenvalue weighted by Gasteiger charge is -2.26. The van der Waals surface area contributed by atoms with Gasteiger partial charge in [0.1, 0.15) is 5.70 Å². The van der Waals surface area contributed by atoms with Gasteiger partial charge in [-0.3, -0.25) is 10.1 Å². The predicted octanol–water partition coefficient (Wildman–Crippen LogP) is 2.79. The minimum atomic E-state index is -0.452. The lowest BCUT2D eigenvalue weighted by molar-refractivity contribution is -0.115. The lowest BCUT2D eigenvalue weighted by Crippen LogP contribution is -2.22. The fourth-order valence-electron chi connectivity index (χ4n) is 3.49. The molecule has 3 amide bonds. The second-order valence-corrected chi connectivity index (χ2v) is 5.95. The van der Waals surface area contributed by atoms with Crippen LogP contribution in [0.15, 0.2) is 11.8 Å². The summed E-state index contributed by atoms with van der Waals surface area (Å²) in [5.74, 6) is -0.359. The zero-order valence-corrected chi connectivity index (χ0v) is 12.5. The molecule has 0 unspecified atom stereocenters. The van der Waals surface area contributed by atoms with E-state index in [2.05, 4.69) is 35.1 Å². The molecule has 3 rings (SSSR count). The van der Waals surface area contributed by atoms with Crippen molar-refractivity contribution in [1.29, 1.82) is 0 Å². The number of hydrogen-bond donors (Lipinski definition) is 2. The largest absolute Gasteiger partial charge is 0.346 e. The molecule has 0 radical (unpaired) electrons. The summed E-state index contributed by atoms with van der Waals surface area (Å²) in [4.78, 5) is 22.8. The van der Waals surface area contributed by atoms with Crippen LogP contribution in [0.4, 0.5) is 4.79 Å². The Morgan fingerprint density at radius 2 is 1.86 bits per heavy atom. The minimum Gasteiger partial charge on any atom is -0.346 e. The number of rotatable bonds is 2. The first-order valence-electron chi connectivity index (χ1n) is 7.58. The standard InChI is InChI=1S/C16H21N3O2/c1-10-8-12(9-14-15(20)18-16(21)17-14)11(2)19(10)13-6-4-3-5-7-13/h8-9,13H,3-7H2,1-2H3,(H2,17,18,20,21)/b14-9-. The summed E-state index contributed by atoms with van der Waals surface area (Å²) in [5.41, 5.74) is 3.71. The van der Waals surface area contributed by atoms with E-state index >= 15 is 0 Å². The average Bonchev–Trinajstić information content (AvgIpc) is 2.91. The number of carbonyl (C=O) groups is 2. The first-order chi connectivity index (χ1) is 10.1. The summed E-state index contributed by atoms with van der Waals surface area (Å²) in [6.07, 6.45) is 8.13. The number of urea groups is 1. The van der Waals surface area contributed by atoms with Gasteiger partial charge in [-0.25, -0.2) is 4.79 Å². The fourth-order valence-corrected chi connectivity index (χ4v) is 3.49. The van der Waals surface area contributed by atoms with Crippen LogP contribution in [0.25, 0.3) is 6.08 Å². The van der Waals surface area contributed by atoms with Gasteiger partial charge in [-0.15, -0.1) is 0 Å². The highest BCUT2D eigenvalue weighted by atomic mass is 16.2. The Labute approximate surface area is 124 Å². The molecular weight excluding hydrogens is 266 g/mol. The maximum absolute atomic E-state index is 11.6. The van der Waals surface area contributed by atoms with Crippen molar-refractivity contribution >= 4 is 18.0 Å². The number of hydrogen-bond acceptors (Lipinski definition) is 2. The van der Waals surface area contributed by atoms with Crippen LogP contribution in [-0.2, 0) is 4.79 Å². The van der Waals surface area contributed by atoms with E-state index in [9.17, 15) is 9.59 Å². The molecule has 1 aliphatic carbocycles. The molecule has 21 heavy (non-hydrogen) atoms. The highest BCUT2D eigenvalue weighted by Crippen LogP contribution is 2.32. The molecule has 2 heterocycles. The van der Waals surface area contributed by atoms with Crippen molar-refractivity contribution in [3.8, 4) is 0 Å². The van der Waals surface area contributed by atoms with Crippen molar-refractivity contribution in [2.75, 3.05) is 0 Å². The Morgan fingerprint density at radius 3 is 2.48 bits per heavy atom. The molecule has 5 heteroatoms. The number of carbonyl (C=O) groups excluding carboxylic acids is 2. The third kappa shape index (κ3) is 2.60. The van der Waals surface area contributed by atoms with Crippen LogP contribution in [0.1, 0.15) is 55.1 Å². The average molecular weight is 287 g/mol. The van der Waals surface area contributed by atoms with Crippen LogP contribution in [0.2, 0.25) is 0 Å². The zero-order chi connectivity index (χ0) is 15.0. The van der Waals surface area contributed by atoms with Gasteiger partial charge in [0.15, 0.2) is 0 Å². The monoisotopic (exact) mass is 287 g/mol. The van der Waals surface area contributed by atoms with E-state index in [-0.39, 0.29) is 5.91 Å². The normalized spacial score (nSPS) is 21.7. The van der Waals surface area contributed by atoms with Crippen LogP contribution in [-0.4, -0.2) is 16.5 Å². The topological polar surface area (TPSA) is 63.1 Å². The van der Waals surface area contributed by atoms with Gasteiger partial charge in [-0.05, 0) is 44.4 Å². The molecule has 112 valence electrons. The van der Waals surface area contributed by atoms with Gasteiger partial charge < -0.3 is 9.88 Å².